The molecule has 0 heterocycles. The van der Waals surface area contributed by atoms with Crippen molar-refractivity contribution in [1.82, 2.24) is 0 Å². The smallest absolute Gasteiger partial charge is 0.0808 e. The van der Waals surface area contributed by atoms with Crippen LogP contribution in [0.25, 0.3) is 0 Å². The third-order valence-electron chi connectivity index (χ3n) is 3.88. The first kappa shape index (κ1) is 8.81. The second kappa shape index (κ2) is 3.18. The van der Waals surface area contributed by atoms with E-state index in [0.29, 0.717) is 5.92 Å². The van der Waals surface area contributed by atoms with Crippen molar-refractivity contribution in [3.05, 3.63) is 11.6 Å². The molecular formula is C12H17N. The van der Waals surface area contributed by atoms with Gasteiger partial charge in [-0.25, -0.2) is 0 Å². The van der Waals surface area contributed by atoms with E-state index < -0.39 is 0 Å². The summed E-state index contributed by atoms with van der Waals surface area (Å²) in [5.41, 5.74) is 1.42. The number of nitriles is 1. The van der Waals surface area contributed by atoms with Gasteiger partial charge < -0.3 is 0 Å². The van der Waals surface area contributed by atoms with Gasteiger partial charge in [0.25, 0.3) is 0 Å². The van der Waals surface area contributed by atoms with Crippen LogP contribution in [0.5, 0.6) is 0 Å². The Morgan fingerprint density at radius 1 is 1.54 bits per heavy atom. The highest BCUT2D eigenvalue weighted by Gasteiger charge is 2.46. The summed E-state index contributed by atoms with van der Waals surface area (Å²) in [7, 11) is 0. The van der Waals surface area contributed by atoms with E-state index in [2.05, 4.69) is 19.1 Å². The largest absolute Gasteiger partial charge is 0.197 e. The molecule has 0 aromatic carbocycles. The van der Waals surface area contributed by atoms with Crippen molar-refractivity contribution >= 4 is 0 Å². The molecule has 1 nitrogen and oxygen atoms in total. The van der Waals surface area contributed by atoms with E-state index in [-0.39, 0.29) is 5.41 Å². The second-order valence-electron chi connectivity index (χ2n) is 4.50. The number of nitrogens with zero attached hydrogens (tertiary/aromatic N) is 1. The summed E-state index contributed by atoms with van der Waals surface area (Å²) in [6.07, 6.45) is 9.68. The highest BCUT2D eigenvalue weighted by Crippen LogP contribution is 2.53. The minimum Gasteiger partial charge on any atom is -0.197 e. The summed E-state index contributed by atoms with van der Waals surface area (Å²) in [5, 5.41) is 9.27. The van der Waals surface area contributed by atoms with Crippen molar-refractivity contribution in [3.63, 3.8) is 0 Å². The molecule has 70 valence electrons. The van der Waals surface area contributed by atoms with E-state index >= 15 is 0 Å². The normalized spacial score (nSPS) is 38.8. The third-order valence-corrected chi connectivity index (χ3v) is 3.88. The fourth-order valence-corrected chi connectivity index (χ4v) is 2.68. The van der Waals surface area contributed by atoms with Crippen LogP contribution in [0.1, 0.15) is 45.4 Å². The molecule has 2 atom stereocenters. The van der Waals surface area contributed by atoms with Gasteiger partial charge in [0.15, 0.2) is 0 Å². The van der Waals surface area contributed by atoms with Crippen LogP contribution in [0, 0.1) is 22.7 Å². The number of allylic oxidation sites excluding steroid dienone is 2. The van der Waals surface area contributed by atoms with Gasteiger partial charge in [-0.1, -0.05) is 18.6 Å². The van der Waals surface area contributed by atoms with E-state index in [4.69, 9.17) is 0 Å². The Balaban J connectivity index is 2.22. The summed E-state index contributed by atoms with van der Waals surface area (Å²) in [6, 6.07) is 2.57. The molecule has 0 bridgehead atoms. The lowest BCUT2D eigenvalue weighted by Crippen LogP contribution is -2.39. The second-order valence-corrected chi connectivity index (χ2v) is 4.50. The summed E-state index contributed by atoms with van der Waals surface area (Å²) < 4.78 is 0. The van der Waals surface area contributed by atoms with Gasteiger partial charge in [0.1, 0.15) is 0 Å². The first-order valence-corrected chi connectivity index (χ1v) is 5.40. The topological polar surface area (TPSA) is 23.8 Å². The van der Waals surface area contributed by atoms with Gasteiger partial charge in [0.2, 0.25) is 0 Å². The van der Waals surface area contributed by atoms with Crippen LogP contribution in [-0.2, 0) is 0 Å². The van der Waals surface area contributed by atoms with Crippen molar-refractivity contribution in [1.29, 1.82) is 5.26 Å². The molecule has 2 aliphatic carbocycles. The minimum absolute atomic E-state index is 0.0413. The molecule has 1 saturated carbocycles. The maximum absolute atomic E-state index is 9.27. The van der Waals surface area contributed by atoms with E-state index in [1.807, 2.05) is 0 Å². The van der Waals surface area contributed by atoms with Crippen LogP contribution >= 0.6 is 0 Å². The van der Waals surface area contributed by atoms with Crippen LogP contribution < -0.4 is 0 Å². The van der Waals surface area contributed by atoms with Crippen molar-refractivity contribution in [2.75, 3.05) is 0 Å². The Bertz CT molecular complexity index is 271. The van der Waals surface area contributed by atoms with Gasteiger partial charge in [-0.05, 0) is 44.4 Å². The van der Waals surface area contributed by atoms with E-state index in [1.165, 1.54) is 37.7 Å². The van der Waals surface area contributed by atoms with E-state index in [9.17, 15) is 5.26 Å². The minimum atomic E-state index is -0.0413. The lowest BCUT2D eigenvalue weighted by Gasteiger charge is -2.45. The van der Waals surface area contributed by atoms with Crippen LogP contribution in [0.3, 0.4) is 0 Å². The van der Waals surface area contributed by atoms with Crippen LogP contribution in [0.15, 0.2) is 11.6 Å². The Morgan fingerprint density at radius 3 is 2.77 bits per heavy atom. The van der Waals surface area contributed by atoms with Crippen LogP contribution in [0.4, 0.5) is 0 Å². The lowest BCUT2D eigenvalue weighted by atomic mass is 9.56. The molecule has 13 heavy (non-hydrogen) atoms. The zero-order chi connectivity index (χ0) is 9.31. The van der Waals surface area contributed by atoms with Gasteiger partial charge in [-0.15, -0.1) is 0 Å². The van der Waals surface area contributed by atoms with Gasteiger partial charge in [0, 0.05) is 0 Å². The molecule has 2 unspecified atom stereocenters. The molecule has 2 rings (SSSR count). The van der Waals surface area contributed by atoms with Crippen LogP contribution in [0.2, 0.25) is 0 Å². The zero-order valence-electron chi connectivity index (χ0n) is 8.34. The summed E-state index contributed by atoms with van der Waals surface area (Å²) >= 11 is 0. The van der Waals surface area contributed by atoms with Crippen molar-refractivity contribution in [3.8, 4) is 6.07 Å². The van der Waals surface area contributed by atoms with Crippen molar-refractivity contribution in [2.24, 2.45) is 11.3 Å². The molecule has 0 aromatic heterocycles. The summed E-state index contributed by atoms with van der Waals surface area (Å²) in [5.74, 6) is 0.599. The van der Waals surface area contributed by atoms with E-state index in [0.717, 1.165) is 6.42 Å². The summed E-state index contributed by atoms with van der Waals surface area (Å²) in [6.45, 7) is 2.22. The first-order chi connectivity index (χ1) is 6.29. The number of hydrogen-bond acceptors (Lipinski definition) is 1. The van der Waals surface area contributed by atoms with Crippen LogP contribution in [-0.4, -0.2) is 0 Å². The SMILES string of the molecule is CC1CCC1(C#N)C1=CCCCC1. The standard InChI is InChI=1S/C12H17N/c1-10-7-8-12(10,9-13)11-5-3-2-4-6-11/h5,10H,2-4,6-8H2,1H3. The maximum atomic E-state index is 9.27. The molecule has 0 amide bonds. The molecule has 0 saturated heterocycles. The van der Waals surface area contributed by atoms with Crippen molar-refractivity contribution < 1.29 is 0 Å². The molecule has 0 aromatic rings. The average Bonchev–Trinajstić information content (AvgIpc) is 2.19. The Labute approximate surface area is 80.4 Å². The first-order valence-electron chi connectivity index (χ1n) is 5.40. The predicted octanol–water partition coefficient (Wildman–Crippen LogP) is 3.43. The van der Waals surface area contributed by atoms with Gasteiger partial charge >= 0.3 is 0 Å². The van der Waals surface area contributed by atoms with Gasteiger partial charge in [-0.3, -0.25) is 0 Å². The van der Waals surface area contributed by atoms with E-state index in [1.54, 1.807) is 0 Å². The Morgan fingerprint density at radius 2 is 2.38 bits per heavy atom. The number of hydrogen-bond donors (Lipinski definition) is 0. The molecule has 0 radical (unpaired) electrons. The average molecular weight is 175 g/mol. The monoisotopic (exact) mass is 175 g/mol. The molecule has 1 heteroatoms. The highest BCUT2D eigenvalue weighted by molar-refractivity contribution is 5.29. The molecule has 0 aliphatic heterocycles. The Hall–Kier alpha value is -0.770. The molecule has 1 fully saturated rings. The third kappa shape index (κ3) is 1.20. The predicted molar refractivity (Wildman–Crippen MR) is 53.0 cm³/mol. The Kier molecular flexibility index (Phi) is 2.15. The maximum Gasteiger partial charge on any atom is 0.0808 e. The van der Waals surface area contributed by atoms with Gasteiger partial charge in [0.05, 0.1) is 11.5 Å². The van der Waals surface area contributed by atoms with Crippen molar-refractivity contribution in [2.45, 2.75) is 45.4 Å². The molecule has 0 spiro atoms. The number of rotatable bonds is 1. The fraction of sp³-hybridized carbons (Fsp3) is 0.750. The van der Waals surface area contributed by atoms with Gasteiger partial charge in [-0.2, -0.15) is 5.26 Å². The molecule has 2 aliphatic rings. The summed E-state index contributed by atoms with van der Waals surface area (Å²) in [4.78, 5) is 0. The quantitative estimate of drug-likeness (QED) is 0.560. The zero-order valence-corrected chi connectivity index (χ0v) is 8.34. The molecular weight excluding hydrogens is 158 g/mol. The molecule has 0 N–H and O–H groups in total. The highest BCUT2D eigenvalue weighted by atomic mass is 14.5. The lowest BCUT2D eigenvalue weighted by molar-refractivity contribution is 0.146. The fourth-order valence-electron chi connectivity index (χ4n) is 2.68.